The van der Waals surface area contributed by atoms with E-state index >= 15 is 0 Å². The molecule has 0 aliphatic heterocycles. The van der Waals surface area contributed by atoms with Crippen molar-refractivity contribution in [3.63, 3.8) is 0 Å². The van der Waals surface area contributed by atoms with Crippen molar-refractivity contribution in [2.75, 3.05) is 44.5 Å². The minimum absolute atomic E-state index is 0.202. The van der Waals surface area contributed by atoms with Gasteiger partial charge < -0.3 is 20.5 Å². The molecule has 1 aromatic rings. The zero-order chi connectivity index (χ0) is 12.5. The number of nitrogens with two attached hydrogens (primary N) is 1. The Labute approximate surface area is 105 Å². The molecular weight excluding hydrogens is 244 g/mol. The van der Waals surface area contributed by atoms with Gasteiger partial charge in [-0.1, -0.05) is 11.6 Å². The first kappa shape index (κ1) is 14.0. The molecule has 1 aromatic heterocycles. The lowest BCUT2D eigenvalue weighted by Gasteiger charge is -2.07. The van der Waals surface area contributed by atoms with Gasteiger partial charge in [-0.05, 0) is 6.42 Å². The fraction of sp³-hybridized carbons (Fsp3) is 0.600. The van der Waals surface area contributed by atoms with E-state index < -0.39 is 0 Å². The van der Waals surface area contributed by atoms with Crippen molar-refractivity contribution >= 4 is 23.4 Å². The maximum atomic E-state index is 5.89. The second-order valence-electron chi connectivity index (χ2n) is 3.31. The number of aromatic nitrogens is 2. The summed E-state index contributed by atoms with van der Waals surface area (Å²) < 4.78 is 10.2. The molecule has 96 valence electrons. The van der Waals surface area contributed by atoms with E-state index in [1.807, 2.05) is 0 Å². The highest BCUT2D eigenvalue weighted by Crippen LogP contribution is 2.17. The van der Waals surface area contributed by atoms with E-state index in [4.69, 9.17) is 26.8 Å². The third-order valence-electron chi connectivity index (χ3n) is 1.95. The molecule has 0 bridgehead atoms. The van der Waals surface area contributed by atoms with Crippen LogP contribution in [0.25, 0.3) is 0 Å². The number of nitrogens with zero attached hydrogens (tertiary/aromatic N) is 2. The average molecular weight is 261 g/mol. The van der Waals surface area contributed by atoms with Gasteiger partial charge in [0.15, 0.2) is 0 Å². The molecule has 0 radical (unpaired) electrons. The number of hydrogen-bond acceptors (Lipinski definition) is 6. The van der Waals surface area contributed by atoms with Crippen LogP contribution in [0, 0.1) is 0 Å². The number of nitrogen functional groups attached to an aromatic ring is 1. The molecule has 0 aromatic carbocycles. The minimum Gasteiger partial charge on any atom is -0.382 e. The van der Waals surface area contributed by atoms with Crippen molar-refractivity contribution in [2.45, 2.75) is 6.42 Å². The monoisotopic (exact) mass is 260 g/mol. The molecule has 0 saturated heterocycles. The van der Waals surface area contributed by atoms with Gasteiger partial charge in [0.25, 0.3) is 0 Å². The number of anilines is 2. The summed E-state index contributed by atoms with van der Waals surface area (Å²) in [6, 6.07) is 0. The van der Waals surface area contributed by atoms with E-state index in [0.29, 0.717) is 37.2 Å². The zero-order valence-electron chi connectivity index (χ0n) is 9.78. The van der Waals surface area contributed by atoms with E-state index in [-0.39, 0.29) is 5.95 Å². The predicted molar refractivity (Wildman–Crippen MR) is 67.3 cm³/mol. The summed E-state index contributed by atoms with van der Waals surface area (Å²) in [7, 11) is 1.65. The number of methoxy groups -OCH3 is 1. The maximum Gasteiger partial charge on any atom is 0.222 e. The smallest absolute Gasteiger partial charge is 0.222 e. The van der Waals surface area contributed by atoms with Gasteiger partial charge in [-0.25, -0.2) is 4.98 Å². The molecule has 0 unspecified atom stereocenters. The van der Waals surface area contributed by atoms with Crippen LogP contribution in [0.1, 0.15) is 6.42 Å². The van der Waals surface area contributed by atoms with Gasteiger partial charge in [0, 0.05) is 20.3 Å². The first-order valence-corrected chi connectivity index (χ1v) is 5.70. The Morgan fingerprint density at radius 2 is 2.24 bits per heavy atom. The maximum absolute atomic E-state index is 5.89. The highest BCUT2D eigenvalue weighted by Gasteiger charge is 2.02. The summed E-state index contributed by atoms with van der Waals surface area (Å²) in [4.78, 5) is 7.76. The predicted octanol–water partition coefficient (Wildman–Crippen LogP) is 1.18. The van der Waals surface area contributed by atoms with E-state index in [9.17, 15) is 0 Å². The quantitative estimate of drug-likeness (QED) is 0.683. The molecule has 0 atom stereocenters. The van der Waals surface area contributed by atoms with Crippen LogP contribution in [-0.2, 0) is 9.47 Å². The lowest BCUT2D eigenvalue weighted by Crippen LogP contribution is -2.10. The van der Waals surface area contributed by atoms with Gasteiger partial charge in [0.1, 0.15) is 10.8 Å². The second-order valence-corrected chi connectivity index (χ2v) is 3.72. The van der Waals surface area contributed by atoms with Crippen LogP contribution in [-0.4, -0.2) is 43.4 Å². The van der Waals surface area contributed by atoms with Gasteiger partial charge in [-0.2, -0.15) is 4.98 Å². The third kappa shape index (κ3) is 5.67. The summed E-state index contributed by atoms with van der Waals surface area (Å²) in [5.74, 6) is 0.754. The van der Waals surface area contributed by atoms with E-state index in [0.717, 1.165) is 6.42 Å². The molecule has 0 spiro atoms. The number of rotatable bonds is 8. The summed E-state index contributed by atoms with van der Waals surface area (Å²) >= 11 is 5.89. The van der Waals surface area contributed by atoms with Crippen molar-refractivity contribution in [3.05, 3.63) is 11.2 Å². The molecule has 0 amide bonds. The molecule has 1 heterocycles. The highest BCUT2D eigenvalue weighted by atomic mass is 35.5. The van der Waals surface area contributed by atoms with Gasteiger partial charge in [-0.3, -0.25) is 0 Å². The van der Waals surface area contributed by atoms with Crippen LogP contribution in [0.5, 0.6) is 0 Å². The van der Waals surface area contributed by atoms with E-state index in [1.54, 1.807) is 7.11 Å². The van der Waals surface area contributed by atoms with Crippen LogP contribution in [0.3, 0.4) is 0 Å². The fourth-order valence-corrected chi connectivity index (χ4v) is 1.29. The second kappa shape index (κ2) is 8.05. The largest absolute Gasteiger partial charge is 0.382 e. The van der Waals surface area contributed by atoms with Gasteiger partial charge >= 0.3 is 0 Å². The Hall–Kier alpha value is -1.11. The van der Waals surface area contributed by atoms with Crippen LogP contribution in [0.2, 0.25) is 5.02 Å². The molecule has 0 aliphatic carbocycles. The van der Waals surface area contributed by atoms with Crippen LogP contribution >= 0.6 is 11.6 Å². The number of nitrogens with one attached hydrogen (secondary N) is 1. The Morgan fingerprint density at radius 3 is 3.00 bits per heavy atom. The molecule has 0 saturated carbocycles. The fourth-order valence-electron chi connectivity index (χ4n) is 1.13. The zero-order valence-corrected chi connectivity index (χ0v) is 10.5. The summed E-state index contributed by atoms with van der Waals surface area (Å²) in [6.07, 6.45) is 2.32. The molecule has 6 nitrogen and oxygen atoms in total. The molecule has 1 rings (SSSR count). The average Bonchev–Trinajstić information content (AvgIpc) is 2.32. The first-order chi connectivity index (χ1) is 8.24. The van der Waals surface area contributed by atoms with E-state index in [1.165, 1.54) is 6.20 Å². The lowest BCUT2D eigenvalue weighted by atomic mass is 10.4. The van der Waals surface area contributed by atoms with Crippen molar-refractivity contribution in [1.29, 1.82) is 0 Å². The molecule has 17 heavy (non-hydrogen) atoms. The molecule has 0 aliphatic rings. The number of hydrogen-bond donors (Lipinski definition) is 2. The number of ether oxygens (including phenoxy) is 2. The van der Waals surface area contributed by atoms with E-state index in [2.05, 4.69) is 15.3 Å². The number of halogens is 1. The summed E-state index contributed by atoms with van der Waals surface area (Å²) in [5.41, 5.74) is 5.45. The Kier molecular flexibility index (Phi) is 6.61. The molecule has 0 fully saturated rings. The third-order valence-corrected chi connectivity index (χ3v) is 2.23. The van der Waals surface area contributed by atoms with Crippen molar-refractivity contribution in [2.24, 2.45) is 0 Å². The first-order valence-electron chi connectivity index (χ1n) is 5.32. The van der Waals surface area contributed by atoms with Crippen molar-refractivity contribution in [1.82, 2.24) is 9.97 Å². The molecule has 3 N–H and O–H groups in total. The SMILES string of the molecule is COCCOCCCNc1nc(N)ncc1Cl. The summed E-state index contributed by atoms with van der Waals surface area (Å²) in [5, 5.41) is 3.53. The Balaban J connectivity index is 2.15. The van der Waals surface area contributed by atoms with Gasteiger partial charge in [-0.15, -0.1) is 0 Å². The Morgan fingerprint density at radius 1 is 1.41 bits per heavy atom. The topological polar surface area (TPSA) is 82.3 Å². The highest BCUT2D eigenvalue weighted by molar-refractivity contribution is 6.32. The molecule has 7 heteroatoms. The standard InChI is InChI=1S/C10H17ClN4O2/c1-16-5-6-17-4-2-3-13-9-8(11)7-14-10(12)15-9/h7H,2-6H2,1H3,(H3,12,13,14,15). The van der Waals surface area contributed by atoms with Crippen LogP contribution in [0.15, 0.2) is 6.20 Å². The summed E-state index contributed by atoms with van der Waals surface area (Å²) in [6.45, 7) is 2.59. The van der Waals surface area contributed by atoms with Gasteiger partial charge in [0.05, 0.1) is 19.4 Å². The van der Waals surface area contributed by atoms with Crippen molar-refractivity contribution < 1.29 is 9.47 Å². The normalized spacial score (nSPS) is 10.5. The van der Waals surface area contributed by atoms with Crippen LogP contribution < -0.4 is 11.1 Å². The van der Waals surface area contributed by atoms with Gasteiger partial charge in [0.2, 0.25) is 5.95 Å². The lowest BCUT2D eigenvalue weighted by molar-refractivity contribution is 0.0705. The van der Waals surface area contributed by atoms with Crippen LogP contribution in [0.4, 0.5) is 11.8 Å². The molecular formula is C10H17ClN4O2. The Bertz CT molecular complexity index is 338. The van der Waals surface area contributed by atoms with Crippen molar-refractivity contribution in [3.8, 4) is 0 Å². The minimum atomic E-state index is 0.202.